The maximum Gasteiger partial charge on any atom is 0.297 e. The van der Waals surface area contributed by atoms with Crippen LogP contribution in [0.2, 0.25) is 0 Å². The average molecular weight is 889 g/mol. The first-order valence-corrected chi connectivity index (χ1v) is 26.0. The first-order chi connectivity index (χ1) is 31.1. The van der Waals surface area contributed by atoms with E-state index in [0.717, 1.165) is 17.7 Å². The molecule has 0 saturated heterocycles. The van der Waals surface area contributed by atoms with Crippen LogP contribution in [-0.2, 0) is 44.3 Å². The Kier molecular flexibility index (Phi) is 9.34. The molecule has 0 fully saturated rings. The van der Waals surface area contributed by atoms with E-state index in [0.29, 0.717) is 0 Å². The van der Waals surface area contributed by atoms with E-state index in [9.17, 15) is 0 Å². The topological polar surface area (TPSA) is 19.6 Å². The first-order valence-electron chi connectivity index (χ1n) is 26.0. The van der Waals surface area contributed by atoms with Crippen LogP contribution in [0.4, 0.5) is 34.1 Å². The zero-order chi connectivity index (χ0) is 47.9. The molecule has 1 aromatic heterocycles. The molecule has 0 atom stereocenters. The van der Waals surface area contributed by atoms with Gasteiger partial charge >= 0.3 is 0 Å². The van der Waals surface area contributed by atoms with Gasteiger partial charge in [0.2, 0.25) is 0 Å². The number of aryl methyl sites for hydroxylation is 2. The Balaban J connectivity index is 1.29. The van der Waals surface area contributed by atoms with Gasteiger partial charge in [-0.15, -0.1) is 0 Å². The highest BCUT2D eigenvalue weighted by Crippen LogP contribution is 2.55. The second kappa shape index (κ2) is 14.0. The molecular formula is C63H77BN2O. The van der Waals surface area contributed by atoms with Crippen LogP contribution in [0.5, 0.6) is 0 Å². The first kappa shape index (κ1) is 44.8. The molecule has 6 aromatic rings. The van der Waals surface area contributed by atoms with Gasteiger partial charge in [0.25, 0.3) is 6.71 Å². The van der Waals surface area contributed by atoms with Gasteiger partial charge in [0, 0.05) is 33.8 Å². The largest absolute Gasteiger partial charge is 0.468 e. The minimum atomic E-state index is -0.0906. The van der Waals surface area contributed by atoms with Crippen LogP contribution in [-0.4, -0.2) is 6.71 Å². The quantitative estimate of drug-likeness (QED) is 0.165. The van der Waals surface area contributed by atoms with Crippen LogP contribution in [0.15, 0.2) is 77.2 Å². The average Bonchev–Trinajstić information content (AvgIpc) is 3.63. The van der Waals surface area contributed by atoms with E-state index in [2.05, 4.69) is 200 Å². The van der Waals surface area contributed by atoms with Crippen molar-refractivity contribution in [3.05, 3.63) is 123 Å². The number of hydrogen-bond acceptors (Lipinski definition) is 3. The molecule has 0 unspecified atom stereocenters. The lowest BCUT2D eigenvalue weighted by Gasteiger charge is -2.47. The molecule has 3 aliphatic carbocycles. The third kappa shape index (κ3) is 6.49. The molecule has 67 heavy (non-hydrogen) atoms. The van der Waals surface area contributed by atoms with E-state index in [1.165, 1.54) is 139 Å². The fraction of sp³-hybridized carbons (Fsp3) is 0.492. The molecule has 11 rings (SSSR count). The third-order valence-corrected chi connectivity index (χ3v) is 18.5. The second-order valence-electron chi connectivity index (χ2n) is 27.0. The number of fused-ring (bicyclic) bond motifs is 9. The Morgan fingerprint density at radius 3 is 1.58 bits per heavy atom. The molecule has 2 aliphatic heterocycles. The van der Waals surface area contributed by atoms with Gasteiger partial charge in [0.05, 0.1) is 11.3 Å². The van der Waals surface area contributed by atoms with Crippen molar-refractivity contribution < 1.29 is 4.42 Å². The molecule has 3 heterocycles. The number of rotatable bonds is 3. The molecule has 0 spiro atoms. The summed E-state index contributed by atoms with van der Waals surface area (Å²) >= 11 is 0. The van der Waals surface area contributed by atoms with Gasteiger partial charge in [-0.1, -0.05) is 135 Å². The zero-order valence-electron chi connectivity index (χ0n) is 44.3. The van der Waals surface area contributed by atoms with E-state index in [1.54, 1.807) is 0 Å². The fourth-order valence-corrected chi connectivity index (χ4v) is 13.5. The molecular weight excluding hydrogens is 812 g/mol. The lowest BCUT2D eigenvalue weighted by molar-refractivity contribution is 0.332. The van der Waals surface area contributed by atoms with Gasteiger partial charge < -0.3 is 14.2 Å². The van der Waals surface area contributed by atoms with Crippen molar-refractivity contribution in [2.24, 2.45) is 0 Å². The van der Waals surface area contributed by atoms with E-state index in [-0.39, 0.29) is 44.6 Å². The monoisotopic (exact) mass is 889 g/mol. The number of hydrogen-bond donors (Lipinski definition) is 0. The zero-order valence-corrected chi connectivity index (χ0v) is 44.3. The molecule has 0 radical (unpaired) electrons. The summed E-state index contributed by atoms with van der Waals surface area (Å²) in [5.41, 5.74) is 25.7. The highest BCUT2D eigenvalue weighted by molar-refractivity contribution is 7.00. The smallest absolute Gasteiger partial charge is 0.297 e. The van der Waals surface area contributed by atoms with Crippen LogP contribution in [0.3, 0.4) is 0 Å². The van der Waals surface area contributed by atoms with Crippen molar-refractivity contribution in [2.75, 3.05) is 9.80 Å². The van der Waals surface area contributed by atoms with Crippen molar-refractivity contribution in [2.45, 2.75) is 201 Å². The lowest BCUT2D eigenvalue weighted by atomic mass is 9.35. The van der Waals surface area contributed by atoms with Crippen LogP contribution < -0.4 is 26.4 Å². The summed E-state index contributed by atoms with van der Waals surface area (Å²) < 4.78 is 7.71. The van der Waals surface area contributed by atoms with Crippen molar-refractivity contribution >= 4 is 68.4 Å². The van der Waals surface area contributed by atoms with Crippen molar-refractivity contribution in [1.29, 1.82) is 0 Å². The lowest BCUT2D eigenvalue weighted by Crippen LogP contribution is -2.61. The van der Waals surface area contributed by atoms with Gasteiger partial charge in [-0.2, -0.15) is 0 Å². The van der Waals surface area contributed by atoms with Gasteiger partial charge in [-0.3, -0.25) is 0 Å². The Hall–Kier alpha value is -4.70. The summed E-state index contributed by atoms with van der Waals surface area (Å²) in [6, 6.07) is 30.2. The van der Waals surface area contributed by atoms with Crippen molar-refractivity contribution in [3.8, 4) is 0 Å². The maximum atomic E-state index is 7.71. The minimum absolute atomic E-state index is 0.0432. The Morgan fingerprint density at radius 2 is 1.03 bits per heavy atom. The number of benzene rings is 5. The van der Waals surface area contributed by atoms with Crippen LogP contribution in [0.25, 0.3) is 11.0 Å². The van der Waals surface area contributed by atoms with Crippen LogP contribution in [0, 0.1) is 6.92 Å². The molecule has 0 N–H and O–H groups in total. The van der Waals surface area contributed by atoms with Gasteiger partial charge in [-0.05, 0) is 199 Å². The summed E-state index contributed by atoms with van der Waals surface area (Å²) in [5, 5.41) is 1.24. The Bertz CT molecular complexity index is 3090. The van der Waals surface area contributed by atoms with E-state index >= 15 is 0 Å². The summed E-state index contributed by atoms with van der Waals surface area (Å²) in [5.74, 6) is 0. The number of nitrogens with zero attached hydrogens (tertiary/aromatic N) is 2. The predicted octanol–water partition coefficient (Wildman–Crippen LogP) is 15.7. The van der Waals surface area contributed by atoms with Crippen LogP contribution in [0.1, 0.15) is 199 Å². The minimum Gasteiger partial charge on any atom is -0.468 e. The van der Waals surface area contributed by atoms with Gasteiger partial charge in [-0.25, -0.2) is 0 Å². The molecule has 348 valence electrons. The molecule has 4 heteroatoms. The molecule has 0 amide bonds. The normalized spacial score (nSPS) is 20.9. The van der Waals surface area contributed by atoms with E-state index in [1.807, 2.05) is 0 Å². The number of furan rings is 1. The standard InChI is InChI=1S/C63H77BN2O/c1-18-38-30-51-54-52(31-38)66(49-22-19-39(29-37(49)2)57(3,4)5)50-35-46-45(61(12,13)26-27-62(46,14)15)34-48(50)64(54)56-55(41-33-44-47(36-53(41)67-56)63(16,17)28-25-60(44,10)11)65(51)40-20-21-42-43(32-40)59(8,9)24-23-58(42,6)7/h19-22,29-36H,18,23-28H2,1-17H3. The summed E-state index contributed by atoms with van der Waals surface area (Å²) in [4.78, 5) is 5.35. The van der Waals surface area contributed by atoms with Gasteiger partial charge in [0.1, 0.15) is 5.58 Å². The van der Waals surface area contributed by atoms with E-state index < -0.39 is 0 Å². The Labute approximate surface area is 404 Å². The molecule has 3 nitrogen and oxygen atoms in total. The SMILES string of the molecule is CCc1cc2c3c(c1)N(c1ccc4c(c1)C(C)(C)CCC4(C)C)c1c(oc4cc5c(cc14)C(C)(C)CCC5(C)C)B3c1cc3c(cc1N2c1ccc(C(C)(C)C)cc1C)C(C)(C)CCC3(C)C. The van der Waals surface area contributed by atoms with Crippen molar-refractivity contribution in [3.63, 3.8) is 0 Å². The predicted molar refractivity (Wildman–Crippen MR) is 289 cm³/mol. The second-order valence-corrected chi connectivity index (χ2v) is 27.0. The van der Waals surface area contributed by atoms with Gasteiger partial charge in [0.15, 0.2) is 0 Å². The summed E-state index contributed by atoms with van der Waals surface area (Å²) in [6.07, 6.45) is 7.98. The molecule has 0 bridgehead atoms. The maximum absolute atomic E-state index is 7.71. The van der Waals surface area contributed by atoms with Crippen molar-refractivity contribution in [1.82, 2.24) is 0 Å². The summed E-state index contributed by atoms with van der Waals surface area (Å²) in [7, 11) is 0. The fourth-order valence-electron chi connectivity index (χ4n) is 13.5. The molecule has 5 aromatic carbocycles. The highest BCUT2D eigenvalue weighted by atomic mass is 16.3. The molecule has 0 saturated carbocycles. The number of anilines is 6. The molecule has 5 aliphatic rings. The Morgan fingerprint density at radius 1 is 0.522 bits per heavy atom. The highest BCUT2D eigenvalue weighted by Gasteiger charge is 2.50. The van der Waals surface area contributed by atoms with Crippen LogP contribution >= 0.6 is 0 Å². The summed E-state index contributed by atoms with van der Waals surface area (Å²) in [6.45, 7) is 41.2. The third-order valence-electron chi connectivity index (χ3n) is 18.5. The van der Waals surface area contributed by atoms with E-state index in [4.69, 9.17) is 4.42 Å².